The Labute approximate surface area is 197 Å². The first kappa shape index (κ1) is 23.7. The van der Waals surface area contributed by atoms with Crippen molar-refractivity contribution in [2.24, 2.45) is 0 Å². The maximum Gasteiger partial charge on any atom is 0.253 e. The van der Waals surface area contributed by atoms with Crippen LogP contribution in [0.5, 0.6) is 11.5 Å². The molecule has 0 saturated carbocycles. The van der Waals surface area contributed by atoms with Crippen LogP contribution >= 0.6 is 23.4 Å². The van der Waals surface area contributed by atoms with Gasteiger partial charge in [0.2, 0.25) is 5.91 Å². The SMILES string of the molecule is CSCCC(NC(=O)c1ccccc1Cl)C(=O)Nc1ccc(Oc2cccc(C)c2)cc1. The Bertz CT molecular complexity index is 1070. The van der Waals surface area contributed by atoms with E-state index in [1.807, 2.05) is 37.4 Å². The fourth-order valence-corrected chi connectivity index (χ4v) is 3.73. The van der Waals surface area contributed by atoms with Gasteiger partial charge in [-0.1, -0.05) is 35.9 Å². The molecule has 7 heteroatoms. The topological polar surface area (TPSA) is 67.4 Å². The molecule has 2 amide bonds. The number of carbonyl (C=O) groups is 2. The van der Waals surface area contributed by atoms with Crippen molar-refractivity contribution in [3.8, 4) is 11.5 Å². The Morgan fingerprint density at radius 2 is 1.75 bits per heavy atom. The van der Waals surface area contributed by atoms with E-state index in [0.29, 0.717) is 28.4 Å². The summed E-state index contributed by atoms with van der Waals surface area (Å²) in [7, 11) is 0. The molecule has 0 saturated heterocycles. The molecule has 3 rings (SSSR count). The summed E-state index contributed by atoms with van der Waals surface area (Å²) in [4.78, 5) is 25.5. The molecule has 0 bridgehead atoms. The van der Waals surface area contributed by atoms with Gasteiger partial charge in [-0.05, 0) is 79.4 Å². The van der Waals surface area contributed by atoms with E-state index in [1.165, 1.54) is 0 Å². The maximum atomic E-state index is 12.9. The first-order valence-electron chi connectivity index (χ1n) is 10.2. The number of carbonyl (C=O) groups excluding carboxylic acids is 2. The van der Waals surface area contributed by atoms with Crippen LogP contribution in [0, 0.1) is 6.92 Å². The van der Waals surface area contributed by atoms with Crippen LogP contribution in [0.2, 0.25) is 5.02 Å². The van der Waals surface area contributed by atoms with Gasteiger partial charge in [-0.3, -0.25) is 9.59 Å². The highest BCUT2D eigenvalue weighted by molar-refractivity contribution is 7.98. The molecule has 3 aromatic rings. The summed E-state index contributed by atoms with van der Waals surface area (Å²) >= 11 is 7.73. The van der Waals surface area contributed by atoms with Gasteiger partial charge in [0.05, 0.1) is 10.6 Å². The highest BCUT2D eigenvalue weighted by Gasteiger charge is 2.22. The molecular formula is C25H25ClN2O3S. The van der Waals surface area contributed by atoms with Crippen LogP contribution < -0.4 is 15.4 Å². The van der Waals surface area contributed by atoms with Crippen molar-refractivity contribution < 1.29 is 14.3 Å². The minimum Gasteiger partial charge on any atom is -0.457 e. The van der Waals surface area contributed by atoms with Crippen molar-refractivity contribution in [2.45, 2.75) is 19.4 Å². The number of hydrogen-bond acceptors (Lipinski definition) is 4. The fraction of sp³-hybridized carbons (Fsp3) is 0.200. The number of ether oxygens (including phenoxy) is 1. The molecule has 1 unspecified atom stereocenters. The third-order valence-corrected chi connectivity index (χ3v) is 5.67. The third-order valence-electron chi connectivity index (χ3n) is 4.70. The highest BCUT2D eigenvalue weighted by Crippen LogP contribution is 2.24. The Kier molecular flexibility index (Phi) is 8.59. The molecule has 0 heterocycles. The van der Waals surface area contributed by atoms with Crippen LogP contribution in [0.3, 0.4) is 0 Å². The minimum absolute atomic E-state index is 0.285. The lowest BCUT2D eigenvalue weighted by atomic mass is 10.1. The molecule has 0 aliphatic rings. The smallest absolute Gasteiger partial charge is 0.253 e. The molecule has 3 aromatic carbocycles. The summed E-state index contributed by atoms with van der Waals surface area (Å²) in [5.41, 5.74) is 2.07. The van der Waals surface area contributed by atoms with E-state index in [9.17, 15) is 9.59 Å². The Hall–Kier alpha value is -2.96. The molecule has 0 aliphatic carbocycles. The van der Waals surface area contributed by atoms with Crippen LogP contribution in [-0.2, 0) is 4.79 Å². The number of halogens is 1. The Morgan fingerprint density at radius 3 is 2.44 bits per heavy atom. The molecule has 5 nitrogen and oxygen atoms in total. The zero-order valence-electron chi connectivity index (χ0n) is 17.9. The molecule has 0 aliphatic heterocycles. The lowest BCUT2D eigenvalue weighted by Gasteiger charge is -2.19. The molecule has 2 N–H and O–H groups in total. The quantitative estimate of drug-likeness (QED) is 0.408. The van der Waals surface area contributed by atoms with Crippen molar-refractivity contribution >= 4 is 40.9 Å². The van der Waals surface area contributed by atoms with Gasteiger partial charge in [0, 0.05) is 5.69 Å². The summed E-state index contributed by atoms with van der Waals surface area (Å²) < 4.78 is 5.85. The van der Waals surface area contributed by atoms with Crippen molar-refractivity contribution in [2.75, 3.05) is 17.3 Å². The number of hydrogen-bond donors (Lipinski definition) is 2. The second-order valence-electron chi connectivity index (χ2n) is 7.22. The maximum absolute atomic E-state index is 12.9. The van der Waals surface area contributed by atoms with Gasteiger partial charge in [0.1, 0.15) is 17.5 Å². The standard InChI is InChI=1S/C25H25ClN2O3S/c1-17-6-5-7-20(16-17)31-19-12-10-18(11-13-19)27-25(30)23(14-15-32-2)28-24(29)21-8-3-4-9-22(21)26/h3-13,16,23H,14-15H2,1-2H3,(H,27,30)(H,28,29). The number of thioether (sulfide) groups is 1. The van der Waals surface area contributed by atoms with Gasteiger partial charge in [-0.25, -0.2) is 0 Å². The highest BCUT2D eigenvalue weighted by atomic mass is 35.5. The van der Waals surface area contributed by atoms with Gasteiger partial charge in [-0.15, -0.1) is 0 Å². The van der Waals surface area contributed by atoms with E-state index in [2.05, 4.69) is 10.6 Å². The van der Waals surface area contributed by atoms with E-state index < -0.39 is 6.04 Å². The van der Waals surface area contributed by atoms with Gasteiger partial charge in [0.15, 0.2) is 0 Å². The molecule has 32 heavy (non-hydrogen) atoms. The van der Waals surface area contributed by atoms with Gasteiger partial charge < -0.3 is 15.4 Å². The summed E-state index contributed by atoms with van der Waals surface area (Å²) in [5, 5.41) is 6.02. The number of nitrogens with one attached hydrogen (secondary N) is 2. The second-order valence-corrected chi connectivity index (χ2v) is 8.61. The number of anilines is 1. The lowest BCUT2D eigenvalue weighted by molar-refractivity contribution is -0.118. The van der Waals surface area contributed by atoms with Crippen molar-refractivity contribution in [1.29, 1.82) is 0 Å². The summed E-state index contributed by atoms with van der Waals surface area (Å²) in [6.45, 7) is 2.00. The average molecular weight is 469 g/mol. The molecule has 0 aromatic heterocycles. The number of rotatable bonds is 9. The van der Waals surface area contributed by atoms with Crippen LogP contribution in [0.4, 0.5) is 5.69 Å². The summed E-state index contributed by atoms with van der Waals surface area (Å²) in [6.07, 6.45) is 2.45. The van der Waals surface area contributed by atoms with Crippen LogP contribution in [0.25, 0.3) is 0 Å². The molecular weight excluding hydrogens is 444 g/mol. The van der Waals surface area contributed by atoms with E-state index in [0.717, 1.165) is 17.1 Å². The zero-order valence-corrected chi connectivity index (χ0v) is 19.5. The van der Waals surface area contributed by atoms with Gasteiger partial charge >= 0.3 is 0 Å². The number of benzene rings is 3. The normalized spacial score (nSPS) is 11.5. The van der Waals surface area contributed by atoms with Gasteiger partial charge in [0.25, 0.3) is 5.91 Å². The van der Waals surface area contributed by atoms with E-state index >= 15 is 0 Å². The number of amides is 2. The predicted octanol–water partition coefficient (Wildman–Crippen LogP) is 5.93. The number of aryl methyl sites for hydroxylation is 1. The minimum atomic E-state index is -0.686. The molecule has 1 atom stereocenters. The van der Waals surface area contributed by atoms with Gasteiger partial charge in [-0.2, -0.15) is 11.8 Å². The van der Waals surface area contributed by atoms with Crippen LogP contribution in [0.15, 0.2) is 72.8 Å². The predicted molar refractivity (Wildman–Crippen MR) is 132 cm³/mol. The second kappa shape index (κ2) is 11.6. The first-order valence-corrected chi connectivity index (χ1v) is 11.9. The average Bonchev–Trinajstić information content (AvgIpc) is 2.78. The van der Waals surface area contributed by atoms with Crippen molar-refractivity contribution in [1.82, 2.24) is 5.32 Å². The zero-order chi connectivity index (χ0) is 22.9. The molecule has 0 spiro atoms. The van der Waals surface area contributed by atoms with Crippen LogP contribution in [-0.4, -0.2) is 29.9 Å². The van der Waals surface area contributed by atoms with E-state index in [4.69, 9.17) is 16.3 Å². The summed E-state index contributed by atoms with van der Waals surface area (Å²) in [6, 6.07) is 21.0. The molecule has 0 fully saturated rings. The largest absolute Gasteiger partial charge is 0.457 e. The van der Waals surface area contributed by atoms with Crippen molar-refractivity contribution in [3.63, 3.8) is 0 Å². The summed E-state index contributed by atoms with van der Waals surface area (Å²) in [5.74, 6) is 1.48. The van der Waals surface area contributed by atoms with Crippen LogP contribution in [0.1, 0.15) is 22.3 Å². The Morgan fingerprint density at radius 1 is 1.00 bits per heavy atom. The Balaban J connectivity index is 1.65. The van der Waals surface area contributed by atoms with E-state index in [1.54, 1.807) is 60.3 Å². The lowest BCUT2D eigenvalue weighted by Crippen LogP contribution is -2.44. The first-order chi connectivity index (χ1) is 15.5. The monoisotopic (exact) mass is 468 g/mol. The molecule has 0 radical (unpaired) electrons. The third kappa shape index (κ3) is 6.77. The van der Waals surface area contributed by atoms with Crippen molar-refractivity contribution in [3.05, 3.63) is 88.9 Å². The fourth-order valence-electron chi connectivity index (χ4n) is 3.04. The van der Waals surface area contributed by atoms with E-state index in [-0.39, 0.29) is 11.8 Å². The molecule has 166 valence electrons.